The number of carbonyl (C=O) groups is 1. The normalized spacial score (nSPS) is 12.7. The molecule has 3 aromatic rings. The minimum atomic E-state index is -3.83. The van der Waals surface area contributed by atoms with Gasteiger partial charge >= 0.3 is 0 Å². The van der Waals surface area contributed by atoms with E-state index in [1.165, 1.54) is 54.7 Å². The SMILES string of the molecule is CC(=O)c1ccc(S(=O)(=O)N[C@H](c2ccc(F)cc2)c2cccs2)cc1. The minimum absolute atomic E-state index is 0.0613. The lowest BCUT2D eigenvalue weighted by Crippen LogP contribution is -2.29. The van der Waals surface area contributed by atoms with Crippen LogP contribution in [0.5, 0.6) is 0 Å². The highest BCUT2D eigenvalue weighted by atomic mass is 32.2. The standard InChI is InChI=1S/C19H16FNO3S2/c1-13(22)14-6-10-17(11-7-14)26(23,24)21-19(18-3-2-12-25-18)15-4-8-16(20)9-5-15/h2-12,19,21H,1H3/t19-/m1/s1. The molecule has 1 N–H and O–H groups in total. The molecular weight excluding hydrogens is 373 g/mol. The van der Waals surface area contributed by atoms with Gasteiger partial charge in [-0.05, 0) is 48.2 Å². The number of Topliss-reactive ketones (excluding diaryl/α,β-unsaturated/α-hetero) is 1. The monoisotopic (exact) mass is 389 g/mol. The van der Waals surface area contributed by atoms with Gasteiger partial charge in [-0.3, -0.25) is 4.79 Å². The van der Waals surface area contributed by atoms with Gasteiger partial charge in [0.05, 0.1) is 10.9 Å². The number of carbonyl (C=O) groups excluding carboxylic acids is 1. The van der Waals surface area contributed by atoms with Crippen LogP contribution in [0, 0.1) is 5.82 Å². The lowest BCUT2D eigenvalue weighted by molar-refractivity contribution is 0.101. The van der Waals surface area contributed by atoms with Crippen molar-refractivity contribution < 1.29 is 17.6 Å². The van der Waals surface area contributed by atoms with E-state index in [1.807, 2.05) is 17.5 Å². The summed E-state index contributed by atoms with van der Waals surface area (Å²) < 4.78 is 41.5. The summed E-state index contributed by atoms with van der Waals surface area (Å²) in [6.07, 6.45) is 0. The Labute approximate surface area is 155 Å². The van der Waals surface area contributed by atoms with E-state index >= 15 is 0 Å². The highest BCUT2D eigenvalue weighted by Gasteiger charge is 2.24. The third-order valence-electron chi connectivity index (χ3n) is 3.88. The van der Waals surface area contributed by atoms with E-state index in [9.17, 15) is 17.6 Å². The number of thiophene rings is 1. The molecule has 0 aliphatic carbocycles. The quantitative estimate of drug-likeness (QED) is 0.644. The van der Waals surface area contributed by atoms with Crippen LogP contribution < -0.4 is 4.72 Å². The molecule has 0 bridgehead atoms. The molecular formula is C19H16FNO3S2. The molecule has 0 aliphatic rings. The predicted octanol–water partition coefficient (Wildman–Crippen LogP) is 4.16. The van der Waals surface area contributed by atoms with Crippen LogP contribution in [0.3, 0.4) is 0 Å². The molecule has 7 heteroatoms. The fraction of sp³-hybridized carbons (Fsp3) is 0.105. The van der Waals surface area contributed by atoms with E-state index in [0.29, 0.717) is 11.1 Å². The first kappa shape index (κ1) is 18.4. The fourth-order valence-corrected chi connectivity index (χ4v) is 4.57. The van der Waals surface area contributed by atoms with Gasteiger partial charge in [-0.25, -0.2) is 12.8 Å². The zero-order valence-corrected chi connectivity index (χ0v) is 15.5. The van der Waals surface area contributed by atoms with Gasteiger partial charge < -0.3 is 0 Å². The summed E-state index contributed by atoms with van der Waals surface area (Å²) in [5.74, 6) is -0.522. The Bertz CT molecular complexity index is 996. The maximum absolute atomic E-state index is 13.2. The molecule has 4 nitrogen and oxygen atoms in total. The zero-order chi connectivity index (χ0) is 18.7. The van der Waals surface area contributed by atoms with E-state index in [2.05, 4.69) is 4.72 Å². The Balaban J connectivity index is 1.95. The van der Waals surface area contributed by atoms with E-state index in [4.69, 9.17) is 0 Å². The van der Waals surface area contributed by atoms with Crippen molar-refractivity contribution >= 4 is 27.1 Å². The molecule has 1 heterocycles. The molecule has 0 radical (unpaired) electrons. The molecule has 0 saturated heterocycles. The van der Waals surface area contributed by atoms with Crippen LogP contribution in [0.4, 0.5) is 4.39 Å². The Kier molecular flexibility index (Phi) is 5.31. The topological polar surface area (TPSA) is 63.2 Å². The minimum Gasteiger partial charge on any atom is -0.295 e. The zero-order valence-electron chi connectivity index (χ0n) is 13.8. The number of hydrogen-bond acceptors (Lipinski definition) is 4. The Morgan fingerprint density at radius 3 is 2.23 bits per heavy atom. The van der Waals surface area contributed by atoms with Crippen LogP contribution in [-0.4, -0.2) is 14.2 Å². The molecule has 0 amide bonds. The van der Waals surface area contributed by atoms with Gasteiger partial charge in [0.1, 0.15) is 5.82 Å². The third kappa shape index (κ3) is 4.07. The van der Waals surface area contributed by atoms with Gasteiger partial charge in [-0.1, -0.05) is 30.3 Å². The van der Waals surface area contributed by atoms with Crippen molar-refractivity contribution in [2.45, 2.75) is 17.9 Å². The van der Waals surface area contributed by atoms with Gasteiger partial charge in [0.25, 0.3) is 0 Å². The van der Waals surface area contributed by atoms with Crippen LogP contribution in [0.2, 0.25) is 0 Å². The van der Waals surface area contributed by atoms with Crippen LogP contribution in [0.1, 0.15) is 33.8 Å². The molecule has 3 rings (SSSR count). The maximum atomic E-state index is 13.2. The lowest BCUT2D eigenvalue weighted by Gasteiger charge is -2.18. The van der Waals surface area contributed by atoms with Crippen molar-refractivity contribution in [2.24, 2.45) is 0 Å². The van der Waals surface area contributed by atoms with Gasteiger partial charge in [-0.15, -0.1) is 11.3 Å². The average molecular weight is 389 g/mol. The van der Waals surface area contributed by atoms with Crippen LogP contribution >= 0.6 is 11.3 Å². The van der Waals surface area contributed by atoms with Crippen LogP contribution in [-0.2, 0) is 10.0 Å². The van der Waals surface area contributed by atoms with Gasteiger partial charge in [0, 0.05) is 10.4 Å². The molecule has 0 aliphatic heterocycles. The Hall–Kier alpha value is -2.35. The first-order valence-electron chi connectivity index (χ1n) is 7.79. The van der Waals surface area contributed by atoms with Gasteiger partial charge in [0.2, 0.25) is 10.0 Å². The van der Waals surface area contributed by atoms with Gasteiger partial charge in [0.15, 0.2) is 5.78 Å². The second kappa shape index (κ2) is 7.49. The molecule has 1 atom stereocenters. The van der Waals surface area contributed by atoms with E-state index in [1.54, 1.807) is 12.1 Å². The number of rotatable bonds is 6. The molecule has 26 heavy (non-hydrogen) atoms. The van der Waals surface area contributed by atoms with Crippen LogP contribution in [0.15, 0.2) is 70.9 Å². The second-order valence-electron chi connectivity index (χ2n) is 5.70. The van der Waals surface area contributed by atoms with E-state index in [-0.39, 0.29) is 16.5 Å². The number of ketones is 1. The Morgan fingerprint density at radius 1 is 1.04 bits per heavy atom. The largest absolute Gasteiger partial charge is 0.295 e. The Morgan fingerprint density at radius 2 is 1.69 bits per heavy atom. The van der Waals surface area contributed by atoms with Crippen molar-refractivity contribution in [1.29, 1.82) is 0 Å². The second-order valence-corrected chi connectivity index (χ2v) is 8.40. The smallest absolute Gasteiger partial charge is 0.241 e. The molecule has 0 unspecified atom stereocenters. The van der Waals surface area contributed by atoms with E-state index < -0.39 is 16.1 Å². The van der Waals surface area contributed by atoms with Crippen molar-refractivity contribution in [3.63, 3.8) is 0 Å². The first-order chi connectivity index (χ1) is 12.4. The summed E-state index contributed by atoms with van der Waals surface area (Å²) in [5, 5.41) is 1.85. The fourth-order valence-electron chi connectivity index (χ4n) is 2.49. The van der Waals surface area contributed by atoms with Crippen molar-refractivity contribution in [3.8, 4) is 0 Å². The molecule has 0 saturated carbocycles. The maximum Gasteiger partial charge on any atom is 0.241 e. The van der Waals surface area contributed by atoms with E-state index in [0.717, 1.165) is 4.88 Å². The summed E-state index contributed by atoms with van der Waals surface area (Å²) in [7, 11) is -3.83. The summed E-state index contributed by atoms with van der Waals surface area (Å²) >= 11 is 1.41. The number of benzene rings is 2. The summed E-state index contributed by atoms with van der Waals surface area (Å²) in [5.41, 5.74) is 1.08. The lowest BCUT2D eigenvalue weighted by atomic mass is 10.1. The highest BCUT2D eigenvalue weighted by molar-refractivity contribution is 7.89. The first-order valence-corrected chi connectivity index (χ1v) is 10.2. The molecule has 1 aromatic heterocycles. The number of hydrogen-bond donors (Lipinski definition) is 1. The van der Waals surface area contributed by atoms with Crippen molar-refractivity contribution in [2.75, 3.05) is 0 Å². The summed E-state index contributed by atoms with van der Waals surface area (Å²) in [6.45, 7) is 1.42. The average Bonchev–Trinajstić information content (AvgIpc) is 3.15. The molecule has 2 aromatic carbocycles. The summed E-state index contributed by atoms with van der Waals surface area (Å²) in [6, 6.07) is 14.5. The highest BCUT2D eigenvalue weighted by Crippen LogP contribution is 2.28. The number of nitrogens with one attached hydrogen (secondary N) is 1. The number of sulfonamides is 1. The van der Waals surface area contributed by atoms with Crippen molar-refractivity contribution in [3.05, 3.63) is 87.9 Å². The van der Waals surface area contributed by atoms with Gasteiger partial charge in [-0.2, -0.15) is 4.72 Å². The van der Waals surface area contributed by atoms with Crippen molar-refractivity contribution in [1.82, 2.24) is 4.72 Å². The third-order valence-corrected chi connectivity index (χ3v) is 6.25. The molecule has 0 spiro atoms. The molecule has 134 valence electrons. The number of halogens is 1. The van der Waals surface area contributed by atoms with Crippen LogP contribution in [0.25, 0.3) is 0 Å². The molecule has 0 fully saturated rings. The predicted molar refractivity (Wildman–Crippen MR) is 99.3 cm³/mol. The summed E-state index contributed by atoms with van der Waals surface area (Å²) in [4.78, 5) is 12.2.